The Morgan fingerprint density at radius 3 is 0.667 bits per heavy atom. The van der Waals surface area contributed by atoms with E-state index >= 15 is 0 Å². The van der Waals surface area contributed by atoms with Crippen molar-refractivity contribution in [3.63, 3.8) is 0 Å². The summed E-state index contributed by atoms with van der Waals surface area (Å²) in [6.07, 6.45) is 67.9. The number of aliphatic hydroxyl groups is 1. The highest BCUT2D eigenvalue weighted by atomic mass is 31.2. The summed E-state index contributed by atoms with van der Waals surface area (Å²) < 4.78 is 68.8. The molecule has 0 aliphatic rings. The number of unbranched alkanes of at least 4 members (excludes halogenated alkanes) is 55. The van der Waals surface area contributed by atoms with Crippen molar-refractivity contribution in [2.75, 3.05) is 39.6 Å². The van der Waals surface area contributed by atoms with Gasteiger partial charge in [-0.2, -0.15) is 0 Å². The molecule has 102 heavy (non-hydrogen) atoms. The first-order valence-corrected chi connectivity index (χ1v) is 46.1. The molecule has 19 heteroatoms. The molecule has 0 radical (unpaired) electrons. The van der Waals surface area contributed by atoms with Crippen molar-refractivity contribution in [3.05, 3.63) is 0 Å². The molecule has 606 valence electrons. The Bertz CT molecular complexity index is 1940. The fourth-order valence-corrected chi connectivity index (χ4v) is 14.5. The summed E-state index contributed by atoms with van der Waals surface area (Å²) in [6.45, 7) is 7.36. The van der Waals surface area contributed by atoms with Gasteiger partial charge in [0.1, 0.15) is 19.3 Å². The second-order valence-corrected chi connectivity index (χ2v) is 33.3. The van der Waals surface area contributed by atoms with Crippen LogP contribution in [0.1, 0.15) is 446 Å². The topological polar surface area (TPSA) is 237 Å². The van der Waals surface area contributed by atoms with Gasteiger partial charge >= 0.3 is 39.5 Å². The van der Waals surface area contributed by atoms with Crippen LogP contribution in [0.2, 0.25) is 0 Å². The Morgan fingerprint density at radius 2 is 0.451 bits per heavy atom. The van der Waals surface area contributed by atoms with Crippen LogP contribution in [0.4, 0.5) is 0 Å². The summed E-state index contributed by atoms with van der Waals surface area (Å²) in [4.78, 5) is 73.1. The lowest BCUT2D eigenvalue weighted by Crippen LogP contribution is -2.30. The highest BCUT2D eigenvalue weighted by Gasteiger charge is 2.30. The van der Waals surface area contributed by atoms with E-state index in [4.69, 9.17) is 37.0 Å². The lowest BCUT2D eigenvalue weighted by atomic mass is 10.0. The number of phosphoric acid groups is 2. The molecule has 0 aliphatic heterocycles. The quantitative estimate of drug-likeness (QED) is 0.0222. The molecule has 0 saturated carbocycles. The zero-order valence-electron chi connectivity index (χ0n) is 66.8. The third kappa shape index (κ3) is 76.3. The molecule has 0 saturated heterocycles. The van der Waals surface area contributed by atoms with Crippen molar-refractivity contribution in [1.29, 1.82) is 0 Å². The Hall–Kier alpha value is -1.94. The van der Waals surface area contributed by atoms with Gasteiger partial charge in [-0.05, 0) is 31.6 Å². The maximum absolute atomic E-state index is 13.1. The number of phosphoric ester groups is 2. The van der Waals surface area contributed by atoms with E-state index in [1.165, 1.54) is 270 Å². The molecule has 0 heterocycles. The van der Waals surface area contributed by atoms with E-state index in [2.05, 4.69) is 34.6 Å². The van der Waals surface area contributed by atoms with Gasteiger partial charge in [0.25, 0.3) is 0 Å². The maximum Gasteiger partial charge on any atom is 0.472 e. The van der Waals surface area contributed by atoms with E-state index in [9.17, 15) is 43.2 Å². The van der Waals surface area contributed by atoms with Crippen LogP contribution < -0.4 is 0 Å². The van der Waals surface area contributed by atoms with Crippen LogP contribution in [-0.2, 0) is 65.4 Å². The van der Waals surface area contributed by atoms with Gasteiger partial charge in [-0.1, -0.05) is 394 Å². The first-order valence-electron chi connectivity index (χ1n) is 43.1. The van der Waals surface area contributed by atoms with Crippen LogP contribution >= 0.6 is 15.6 Å². The van der Waals surface area contributed by atoms with Gasteiger partial charge in [0.05, 0.1) is 26.4 Å². The average molecular weight is 1490 g/mol. The number of esters is 4. The Morgan fingerprint density at radius 1 is 0.265 bits per heavy atom. The summed E-state index contributed by atoms with van der Waals surface area (Å²) in [6, 6.07) is 0. The smallest absolute Gasteiger partial charge is 0.462 e. The molecule has 0 aromatic rings. The lowest BCUT2D eigenvalue weighted by molar-refractivity contribution is -0.161. The minimum atomic E-state index is -4.96. The van der Waals surface area contributed by atoms with Gasteiger partial charge in [-0.3, -0.25) is 37.3 Å². The second-order valence-electron chi connectivity index (χ2n) is 30.3. The van der Waals surface area contributed by atoms with E-state index in [1.54, 1.807) is 0 Å². The molecule has 17 nitrogen and oxygen atoms in total. The third-order valence-corrected chi connectivity index (χ3v) is 21.4. The van der Waals surface area contributed by atoms with Crippen LogP contribution in [0, 0.1) is 5.92 Å². The minimum Gasteiger partial charge on any atom is -0.462 e. The van der Waals surface area contributed by atoms with Crippen molar-refractivity contribution in [1.82, 2.24) is 0 Å². The Balaban J connectivity index is 5.23. The minimum absolute atomic E-state index is 0.108. The third-order valence-electron chi connectivity index (χ3n) is 19.5. The number of hydrogen-bond donors (Lipinski definition) is 3. The molecule has 0 aliphatic carbocycles. The predicted molar refractivity (Wildman–Crippen MR) is 418 cm³/mol. The zero-order chi connectivity index (χ0) is 74.8. The molecule has 0 aromatic carbocycles. The number of hydrogen-bond acceptors (Lipinski definition) is 15. The summed E-state index contributed by atoms with van der Waals surface area (Å²) >= 11 is 0. The van der Waals surface area contributed by atoms with Crippen molar-refractivity contribution >= 4 is 39.5 Å². The average Bonchev–Trinajstić information content (AvgIpc) is 0.923. The SMILES string of the molecule is CCCCCCCCCCCCCCCCCCCCCCCC(=O)O[C@H](COC(=O)CCCCCCCCCCCCCCCC(C)C)COP(=O)(O)OC[C@@H](O)COP(=O)(O)OC[C@@H](COC(=O)CCCCCCCCCCCCCC)OC(=O)CCCCCCCCCCCCCCC. The number of carbonyl (C=O) groups excluding carboxylic acids is 4. The van der Waals surface area contributed by atoms with Crippen molar-refractivity contribution in [2.45, 2.75) is 464 Å². The van der Waals surface area contributed by atoms with Gasteiger partial charge in [0, 0.05) is 25.7 Å². The molecule has 0 fully saturated rings. The monoisotopic (exact) mass is 1490 g/mol. The van der Waals surface area contributed by atoms with Gasteiger partial charge < -0.3 is 33.8 Å². The lowest BCUT2D eigenvalue weighted by Gasteiger charge is -2.21. The van der Waals surface area contributed by atoms with Crippen molar-refractivity contribution < 1.29 is 80.2 Å². The van der Waals surface area contributed by atoms with E-state index in [1.807, 2.05) is 0 Å². The van der Waals surface area contributed by atoms with Crippen LogP contribution in [-0.4, -0.2) is 96.7 Å². The molecular weight excluding hydrogens is 1330 g/mol. The molecule has 0 bridgehead atoms. The number of ether oxygens (including phenoxy) is 4. The molecular formula is C83H162O17P2. The normalized spacial score (nSPS) is 13.8. The molecule has 3 N–H and O–H groups in total. The highest BCUT2D eigenvalue weighted by molar-refractivity contribution is 7.47. The van der Waals surface area contributed by atoms with Gasteiger partial charge in [0.15, 0.2) is 12.2 Å². The van der Waals surface area contributed by atoms with E-state index in [0.29, 0.717) is 25.7 Å². The predicted octanol–water partition coefficient (Wildman–Crippen LogP) is 25.2. The summed E-state index contributed by atoms with van der Waals surface area (Å²) in [5, 5.41) is 10.7. The Labute approximate surface area is 626 Å². The first kappa shape index (κ1) is 100. The summed E-state index contributed by atoms with van der Waals surface area (Å²) in [5.41, 5.74) is 0. The maximum atomic E-state index is 13.1. The molecule has 0 spiro atoms. The molecule has 0 aromatic heterocycles. The summed E-state index contributed by atoms with van der Waals surface area (Å²) in [7, 11) is -9.92. The highest BCUT2D eigenvalue weighted by Crippen LogP contribution is 2.45. The largest absolute Gasteiger partial charge is 0.472 e. The Kier molecular flexibility index (Phi) is 74.4. The number of rotatable bonds is 83. The number of carbonyl (C=O) groups is 4. The van der Waals surface area contributed by atoms with Crippen molar-refractivity contribution in [3.8, 4) is 0 Å². The van der Waals surface area contributed by atoms with Gasteiger partial charge in [-0.25, -0.2) is 9.13 Å². The van der Waals surface area contributed by atoms with Crippen molar-refractivity contribution in [2.24, 2.45) is 5.92 Å². The zero-order valence-corrected chi connectivity index (χ0v) is 68.5. The molecule has 0 amide bonds. The summed E-state index contributed by atoms with van der Waals surface area (Å²) in [5.74, 6) is -1.31. The van der Waals surface area contributed by atoms with Crippen LogP contribution in [0.15, 0.2) is 0 Å². The van der Waals surface area contributed by atoms with Crippen LogP contribution in [0.25, 0.3) is 0 Å². The van der Waals surface area contributed by atoms with Crippen LogP contribution in [0.5, 0.6) is 0 Å². The standard InChI is InChI=1S/C83H162O17P2/c1-6-9-12-15-18-21-24-27-28-29-30-31-32-33-34-38-44-49-54-59-64-69-83(88)100-79(73-94-81(86)67-62-57-52-47-42-39-35-37-40-45-50-55-60-65-76(4)5)75-98-102(91,92)96-71-77(84)70-95-101(89,90)97-74-78(72-93-80(85)66-61-56-51-46-41-26-23-20-17-14-11-8-3)99-82(87)68-63-58-53-48-43-36-25-22-19-16-13-10-7-2/h76-79,84H,6-75H2,1-5H3,(H,89,90)(H,91,92)/t77-,78+,79+/m0/s1. The van der Waals surface area contributed by atoms with E-state index in [-0.39, 0.29) is 25.7 Å². The number of aliphatic hydroxyl groups excluding tert-OH is 1. The van der Waals surface area contributed by atoms with Crippen LogP contribution in [0.3, 0.4) is 0 Å². The first-order chi connectivity index (χ1) is 49.5. The van der Waals surface area contributed by atoms with E-state index in [0.717, 1.165) is 95.8 Å². The second kappa shape index (κ2) is 75.9. The van der Waals surface area contributed by atoms with Gasteiger partial charge in [0.2, 0.25) is 0 Å². The fourth-order valence-electron chi connectivity index (χ4n) is 12.9. The van der Waals surface area contributed by atoms with Gasteiger partial charge in [-0.15, -0.1) is 0 Å². The fraction of sp³-hybridized carbons (Fsp3) is 0.952. The molecule has 0 rings (SSSR count). The van der Waals surface area contributed by atoms with E-state index < -0.39 is 97.5 Å². The molecule has 5 atom stereocenters. The molecule has 2 unspecified atom stereocenters.